The molecule has 0 atom stereocenters. The highest BCUT2D eigenvalue weighted by atomic mass is 15.2. The van der Waals surface area contributed by atoms with Crippen LogP contribution in [-0.4, -0.2) is 45.5 Å². The standard InChI is InChI=1S/C20H28N4/c1-22-11-4-6-19(22)16-24-14-9-20(17-24)7-12-23(13-8-20)15-18-5-2-3-10-21-18/h2-6,10-11H,7-9,12-17H2,1H3. The molecule has 4 rings (SSSR count). The van der Waals surface area contributed by atoms with Crippen molar-refractivity contribution in [2.45, 2.75) is 32.4 Å². The summed E-state index contributed by atoms with van der Waals surface area (Å²) in [7, 11) is 2.15. The molecular weight excluding hydrogens is 296 g/mol. The average molecular weight is 324 g/mol. The SMILES string of the molecule is Cn1cccc1CN1CCC2(CCN(Cc3ccccn3)CC2)C1. The predicted octanol–water partition coefficient (Wildman–Crippen LogP) is 2.91. The molecule has 128 valence electrons. The summed E-state index contributed by atoms with van der Waals surface area (Å²) in [6.45, 7) is 7.07. The third-order valence-electron chi connectivity index (χ3n) is 5.98. The van der Waals surface area contributed by atoms with Gasteiger partial charge in [-0.15, -0.1) is 0 Å². The fourth-order valence-corrected chi connectivity index (χ4v) is 4.37. The maximum atomic E-state index is 4.47. The van der Waals surface area contributed by atoms with Crippen molar-refractivity contribution in [3.63, 3.8) is 0 Å². The van der Waals surface area contributed by atoms with E-state index in [1.165, 1.54) is 56.8 Å². The monoisotopic (exact) mass is 324 g/mol. The molecule has 2 aliphatic heterocycles. The van der Waals surface area contributed by atoms with Crippen molar-refractivity contribution < 1.29 is 0 Å². The van der Waals surface area contributed by atoms with E-state index in [9.17, 15) is 0 Å². The first-order valence-corrected chi connectivity index (χ1v) is 9.17. The molecule has 0 radical (unpaired) electrons. The van der Waals surface area contributed by atoms with E-state index in [-0.39, 0.29) is 0 Å². The number of hydrogen-bond donors (Lipinski definition) is 0. The number of likely N-dealkylation sites (tertiary alicyclic amines) is 2. The first-order valence-electron chi connectivity index (χ1n) is 9.17. The lowest BCUT2D eigenvalue weighted by molar-refractivity contribution is 0.101. The van der Waals surface area contributed by atoms with Crippen LogP contribution in [0.2, 0.25) is 0 Å². The molecule has 0 bridgehead atoms. The topological polar surface area (TPSA) is 24.3 Å². The third-order valence-corrected chi connectivity index (χ3v) is 5.98. The summed E-state index contributed by atoms with van der Waals surface area (Å²) < 4.78 is 2.25. The molecule has 4 nitrogen and oxygen atoms in total. The normalized spacial score (nSPS) is 21.5. The predicted molar refractivity (Wildman–Crippen MR) is 96.5 cm³/mol. The number of aryl methyl sites for hydroxylation is 1. The molecule has 4 heterocycles. The number of rotatable bonds is 4. The van der Waals surface area contributed by atoms with Gasteiger partial charge in [-0.25, -0.2) is 0 Å². The van der Waals surface area contributed by atoms with Gasteiger partial charge in [-0.3, -0.25) is 14.8 Å². The Bertz CT molecular complexity index is 655. The fraction of sp³-hybridized carbons (Fsp3) is 0.550. The number of aromatic nitrogens is 2. The first kappa shape index (κ1) is 15.9. The minimum absolute atomic E-state index is 0.561. The quantitative estimate of drug-likeness (QED) is 0.864. The van der Waals surface area contributed by atoms with Crippen LogP contribution in [-0.2, 0) is 20.1 Å². The number of pyridine rings is 1. The molecule has 0 unspecified atom stereocenters. The fourth-order valence-electron chi connectivity index (χ4n) is 4.37. The van der Waals surface area contributed by atoms with E-state index in [2.05, 4.69) is 56.9 Å². The van der Waals surface area contributed by atoms with Crippen molar-refractivity contribution in [3.05, 3.63) is 54.1 Å². The van der Waals surface area contributed by atoms with Crippen molar-refractivity contribution >= 4 is 0 Å². The molecule has 0 N–H and O–H groups in total. The minimum atomic E-state index is 0.561. The van der Waals surface area contributed by atoms with E-state index in [1.807, 2.05) is 12.3 Å². The Labute approximate surface area is 145 Å². The molecule has 0 aromatic carbocycles. The van der Waals surface area contributed by atoms with Crippen molar-refractivity contribution in [3.8, 4) is 0 Å². The zero-order valence-electron chi connectivity index (χ0n) is 14.7. The van der Waals surface area contributed by atoms with Crippen LogP contribution in [0, 0.1) is 5.41 Å². The van der Waals surface area contributed by atoms with Gasteiger partial charge in [-0.05, 0) is 68.6 Å². The maximum absolute atomic E-state index is 4.47. The van der Waals surface area contributed by atoms with Crippen LogP contribution in [0.15, 0.2) is 42.7 Å². The molecule has 24 heavy (non-hydrogen) atoms. The highest BCUT2D eigenvalue weighted by Gasteiger charge is 2.40. The van der Waals surface area contributed by atoms with Crippen LogP contribution in [0.3, 0.4) is 0 Å². The summed E-state index contributed by atoms with van der Waals surface area (Å²) in [4.78, 5) is 9.70. The van der Waals surface area contributed by atoms with Crippen molar-refractivity contribution in [2.75, 3.05) is 26.2 Å². The maximum Gasteiger partial charge on any atom is 0.0543 e. The molecule has 0 saturated carbocycles. The van der Waals surface area contributed by atoms with Gasteiger partial charge in [0.05, 0.1) is 5.69 Å². The van der Waals surface area contributed by atoms with Gasteiger partial charge in [0, 0.05) is 44.8 Å². The highest BCUT2D eigenvalue weighted by Crippen LogP contribution is 2.41. The lowest BCUT2D eigenvalue weighted by atomic mass is 9.78. The van der Waals surface area contributed by atoms with E-state index in [4.69, 9.17) is 0 Å². The third kappa shape index (κ3) is 3.40. The van der Waals surface area contributed by atoms with Gasteiger partial charge in [0.2, 0.25) is 0 Å². The van der Waals surface area contributed by atoms with Gasteiger partial charge in [0.1, 0.15) is 0 Å². The van der Waals surface area contributed by atoms with E-state index >= 15 is 0 Å². The molecule has 2 aromatic rings. The molecule has 2 aliphatic rings. The second-order valence-corrected chi connectivity index (χ2v) is 7.67. The van der Waals surface area contributed by atoms with Crippen LogP contribution in [0.1, 0.15) is 30.7 Å². The Morgan fingerprint density at radius 1 is 0.958 bits per heavy atom. The van der Waals surface area contributed by atoms with Gasteiger partial charge in [0.25, 0.3) is 0 Å². The van der Waals surface area contributed by atoms with E-state index in [1.54, 1.807) is 0 Å². The molecule has 0 amide bonds. The Balaban J connectivity index is 1.30. The van der Waals surface area contributed by atoms with E-state index < -0.39 is 0 Å². The molecule has 2 fully saturated rings. The van der Waals surface area contributed by atoms with Crippen molar-refractivity contribution in [1.82, 2.24) is 19.4 Å². The Morgan fingerprint density at radius 3 is 2.42 bits per heavy atom. The number of hydrogen-bond acceptors (Lipinski definition) is 3. The van der Waals surface area contributed by atoms with Gasteiger partial charge in [-0.1, -0.05) is 6.07 Å². The summed E-state index contributed by atoms with van der Waals surface area (Å²) in [5.74, 6) is 0. The summed E-state index contributed by atoms with van der Waals surface area (Å²) in [5, 5.41) is 0. The van der Waals surface area contributed by atoms with Crippen molar-refractivity contribution in [1.29, 1.82) is 0 Å². The zero-order valence-corrected chi connectivity index (χ0v) is 14.7. The second kappa shape index (κ2) is 6.69. The Morgan fingerprint density at radius 2 is 1.75 bits per heavy atom. The average Bonchev–Trinajstić information content (AvgIpc) is 3.19. The van der Waals surface area contributed by atoms with Crippen LogP contribution < -0.4 is 0 Å². The van der Waals surface area contributed by atoms with E-state index in [0.29, 0.717) is 5.41 Å². The summed E-state index contributed by atoms with van der Waals surface area (Å²) in [5.41, 5.74) is 3.19. The number of piperidine rings is 1. The summed E-state index contributed by atoms with van der Waals surface area (Å²) >= 11 is 0. The summed E-state index contributed by atoms with van der Waals surface area (Å²) in [6, 6.07) is 10.6. The van der Waals surface area contributed by atoms with Crippen LogP contribution in [0.25, 0.3) is 0 Å². The number of nitrogens with zero attached hydrogens (tertiary/aromatic N) is 4. The lowest BCUT2D eigenvalue weighted by Crippen LogP contribution is -2.41. The summed E-state index contributed by atoms with van der Waals surface area (Å²) in [6.07, 6.45) is 8.10. The molecule has 0 aliphatic carbocycles. The lowest BCUT2D eigenvalue weighted by Gasteiger charge is -2.39. The first-order chi connectivity index (χ1) is 11.7. The van der Waals surface area contributed by atoms with Gasteiger partial charge >= 0.3 is 0 Å². The molecular formula is C20H28N4. The highest BCUT2D eigenvalue weighted by molar-refractivity contribution is 5.08. The molecule has 4 heteroatoms. The van der Waals surface area contributed by atoms with Crippen LogP contribution >= 0.6 is 0 Å². The van der Waals surface area contributed by atoms with Gasteiger partial charge in [0.15, 0.2) is 0 Å². The second-order valence-electron chi connectivity index (χ2n) is 7.67. The van der Waals surface area contributed by atoms with Crippen LogP contribution in [0.5, 0.6) is 0 Å². The molecule has 1 spiro atoms. The molecule has 2 aromatic heterocycles. The van der Waals surface area contributed by atoms with Gasteiger partial charge in [-0.2, -0.15) is 0 Å². The van der Waals surface area contributed by atoms with E-state index in [0.717, 1.165) is 13.1 Å². The Hall–Kier alpha value is -1.65. The van der Waals surface area contributed by atoms with Gasteiger partial charge < -0.3 is 4.57 Å². The minimum Gasteiger partial charge on any atom is -0.353 e. The van der Waals surface area contributed by atoms with Crippen molar-refractivity contribution in [2.24, 2.45) is 12.5 Å². The smallest absolute Gasteiger partial charge is 0.0543 e. The largest absolute Gasteiger partial charge is 0.353 e. The zero-order chi connectivity index (χ0) is 16.4. The Kier molecular flexibility index (Phi) is 4.42. The molecule has 2 saturated heterocycles. The van der Waals surface area contributed by atoms with Crippen LogP contribution in [0.4, 0.5) is 0 Å².